The van der Waals surface area contributed by atoms with Crippen LogP contribution in [-0.2, 0) is 14.3 Å². The molecule has 1 amide bonds. The van der Waals surface area contributed by atoms with Crippen LogP contribution in [0, 0.1) is 5.92 Å². The van der Waals surface area contributed by atoms with Crippen molar-refractivity contribution in [3.8, 4) is 0 Å². The predicted molar refractivity (Wildman–Crippen MR) is 69.1 cm³/mol. The molecule has 104 valence electrons. The van der Waals surface area contributed by atoms with Gasteiger partial charge in [-0.3, -0.25) is 14.5 Å². The summed E-state index contributed by atoms with van der Waals surface area (Å²) in [5, 5.41) is 2.93. The van der Waals surface area contributed by atoms with Gasteiger partial charge in [0.1, 0.15) is 6.04 Å². The number of methoxy groups -OCH3 is 1. The van der Waals surface area contributed by atoms with Gasteiger partial charge in [-0.1, -0.05) is 6.92 Å². The van der Waals surface area contributed by atoms with Gasteiger partial charge < -0.3 is 10.1 Å². The molecule has 1 saturated heterocycles. The molecule has 0 radical (unpaired) electrons. The Labute approximate surface area is 109 Å². The van der Waals surface area contributed by atoms with Crippen LogP contribution in [0.1, 0.15) is 33.1 Å². The fraction of sp³-hybridized carbons (Fsp3) is 0.846. The molecule has 0 saturated carbocycles. The Morgan fingerprint density at radius 2 is 2.00 bits per heavy atom. The smallest absolute Gasteiger partial charge is 0.322 e. The molecule has 1 aliphatic heterocycles. The standard InChI is InChI=1S/C13H24N2O3/c1-4-7-14-12(16)11-5-8-15(9-6-11)10(2)13(17)18-3/h10-11H,4-9H2,1-3H3,(H,14,16). The van der Waals surface area contributed by atoms with Crippen LogP contribution >= 0.6 is 0 Å². The summed E-state index contributed by atoms with van der Waals surface area (Å²) in [5.74, 6) is 0.0451. The van der Waals surface area contributed by atoms with Crippen LogP contribution in [-0.4, -0.2) is 49.6 Å². The number of rotatable bonds is 5. The highest BCUT2D eigenvalue weighted by molar-refractivity contribution is 5.79. The Bertz CT molecular complexity index is 286. The first kappa shape index (κ1) is 15.0. The normalized spacial score (nSPS) is 19.3. The van der Waals surface area contributed by atoms with E-state index in [-0.39, 0.29) is 23.8 Å². The van der Waals surface area contributed by atoms with Gasteiger partial charge in [0, 0.05) is 12.5 Å². The van der Waals surface area contributed by atoms with E-state index in [4.69, 9.17) is 4.74 Å². The summed E-state index contributed by atoms with van der Waals surface area (Å²) in [6, 6.07) is -0.213. The first-order valence-electron chi connectivity index (χ1n) is 6.69. The Kier molecular flexibility index (Phi) is 6.12. The molecule has 5 heteroatoms. The molecule has 1 N–H and O–H groups in total. The number of likely N-dealkylation sites (tertiary alicyclic amines) is 1. The quantitative estimate of drug-likeness (QED) is 0.739. The fourth-order valence-corrected chi connectivity index (χ4v) is 2.26. The van der Waals surface area contributed by atoms with E-state index >= 15 is 0 Å². The van der Waals surface area contributed by atoms with E-state index < -0.39 is 0 Å². The second-order valence-corrected chi connectivity index (χ2v) is 4.80. The minimum absolute atomic E-state index is 0.0950. The highest BCUT2D eigenvalue weighted by Crippen LogP contribution is 2.19. The number of esters is 1. The van der Waals surface area contributed by atoms with Crippen molar-refractivity contribution in [2.75, 3.05) is 26.7 Å². The lowest BCUT2D eigenvalue weighted by atomic mass is 9.95. The summed E-state index contributed by atoms with van der Waals surface area (Å²) in [6.45, 7) is 6.20. The van der Waals surface area contributed by atoms with Gasteiger partial charge in [-0.05, 0) is 39.3 Å². The molecule has 5 nitrogen and oxygen atoms in total. The summed E-state index contributed by atoms with van der Waals surface area (Å²) in [4.78, 5) is 25.3. The Morgan fingerprint density at radius 1 is 1.39 bits per heavy atom. The first-order chi connectivity index (χ1) is 8.60. The minimum Gasteiger partial charge on any atom is -0.468 e. The number of piperidine rings is 1. The lowest BCUT2D eigenvalue weighted by Crippen LogP contribution is -2.47. The summed E-state index contributed by atoms with van der Waals surface area (Å²) in [5.41, 5.74) is 0. The first-order valence-corrected chi connectivity index (χ1v) is 6.69. The maximum Gasteiger partial charge on any atom is 0.322 e. The lowest BCUT2D eigenvalue weighted by Gasteiger charge is -2.34. The Hall–Kier alpha value is -1.10. The monoisotopic (exact) mass is 256 g/mol. The second-order valence-electron chi connectivity index (χ2n) is 4.80. The van der Waals surface area contributed by atoms with Crippen molar-refractivity contribution in [2.45, 2.75) is 39.2 Å². The highest BCUT2D eigenvalue weighted by atomic mass is 16.5. The van der Waals surface area contributed by atoms with Crippen LogP contribution in [0.15, 0.2) is 0 Å². The van der Waals surface area contributed by atoms with Crippen LogP contribution < -0.4 is 5.32 Å². The van der Waals surface area contributed by atoms with Crippen molar-refractivity contribution in [3.05, 3.63) is 0 Å². The average molecular weight is 256 g/mol. The van der Waals surface area contributed by atoms with E-state index in [2.05, 4.69) is 10.2 Å². The van der Waals surface area contributed by atoms with Crippen LogP contribution in [0.25, 0.3) is 0 Å². The average Bonchev–Trinajstić information content (AvgIpc) is 2.43. The second kappa shape index (κ2) is 7.36. The molecule has 1 fully saturated rings. The summed E-state index contributed by atoms with van der Waals surface area (Å²) >= 11 is 0. The van der Waals surface area contributed by atoms with Crippen molar-refractivity contribution in [3.63, 3.8) is 0 Å². The topological polar surface area (TPSA) is 58.6 Å². The largest absolute Gasteiger partial charge is 0.468 e. The van der Waals surface area contributed by atoms with E-state index in [1.54, 1.807) is 0 Å². The van der Waals surface area contributed by atoms with Crippen molar-refractivity contribution in [1.82, 2.24) is 10.2 Å². The van der Waals surface area contributed by atoms with Gasteiger partial charge in [0.25, 0.3) is 0 Å². The molecule has 0 bridgehead atoms. The maximum absolute atomic E-state index is 11.8. The molecule has 0 spiro atoms. The predicted octanol–water partition coefficient (Wildman–Crippen LogP) is 0.786. The van der Waals surface area contributed by atoms with Gasteiger partial charge in [0.15, 0.2) is 0 Å². The summed E-state index contributed by atoms with van der Waals surface area (Å²) in [6.07, 6.45) is 2.59. The molecular formula is C13H24N2O3. The highest BCUT2D eigenvalue weighted by Gasteiger charge is 2.29. The minimum atomic E-state index is -0.213. The molecule has 1 unspecified atom stereocenters. The van der Waals surface area contributed by atoms with Crippen molar-refractivity contribution < 1.29 is 14.3 Å². The number of ether oxygens (including phenoxy) is 1. The number of amides is 1. The molecular weight excluding hydrogens is 232 g/mol. The number of nitrogens with one attached hydrogen (secondary N) is 1. The van der Waals surface area contributed by atoms with E-state index in [0.717, 1.165) is 38.9 Å². The third-order valence-corrected chi connectivity index (χ3v) is 3.54. The molecule has 0 aromatic heterocycles. The van der Waals surface area contributed by atoms with E-state index in [1.807, 2.05) is 13.8 Å². The van der Waals surface area contributed by atoms with Crippen molar-refractivity contribution in [2.24, 2.45) is 5.92 Å². The molecule has 1 aliphatic rings. The van der Waals surface area contributed by atoms with E-state index in [1.165, 1.54) is 7.11 Å². The van der Waals surface area contributed by atoms with Gasteiger partial charge in [-0.2, -0.15) is 0 Å². The van der Waals surface area contributed by atoms with Crippen LogP contribution in [0.5, 0.6) is 0 Å². The molecule has 1 heterocycles. The Balaban J connectivity index is 2.36. The van der Waals surface area contributed by atoms with Gasteiger partial charge in [-0.15, -0.1) is 0 Å². The lowest BCUT2D eigenvalue weighted by molar-refractivity contribution is -0.147. The maximum atomic E-state index is 11.8. The third kappa shape index (κ3) is 3.98. The molecule has 0 aromatic carbocycles. The van der Waals surface area contributed by atoms with E-state index in [9.17, 15) is 9.59 Å². The van der Waals surface area contributed by atoms with Gasteiger partial charge in [-0.25, -0.2) is 0 Å². The van der Waals surface area contributed by atoms with Crippen LogP contribution in [0.3, 0.4) is 0 Å². The molecule has 1 atom stereocenters. The molecule has 1 rings (SSSR count). The molecule has 18 heavy (non-hydrogen) atoms. The zero-order valence-electron chi connectivity index (χ0n) is 11.6. The third-order valence-electron chi connectivity index (χ3n) is 3.54. The van der Waals surface area contributed by atoms with Gasteiger partial charge in [0.2, 0.25) is 5.91 Å². The number of nitrogens with zero attached hydrogens (tertiary/aromatic N) is 1. The summed E-state index contributed by atoms with van der Waals surface area (Å²) < 4.78 is 4.73. The SMILES string of the molecule is CCCNC(=O)C1CCN(C(C)C(=O)OC)CC1. The van der Waals surface area contributed by atoms with Crippen molar-refractivity contribution in [1.29, 1.82) is 0 Å². The van der Waals surface area contributed by atoms with Crippen LogP contribution in [0.4, 0.5) is 0 Å². The summed E-state index contributed by atoms with van der Waals surface area (Å²) in [7, 11) is 1.41. The van der Waals surface area contributed by atoms with Crippen LogP contribution in [0.2, 0.25) is 0 Å². The molecule has 0 aliphatic carbocycles. The fourth-order valence-electron chi connectivity index (χ4n) is 2.26. The van der Waals surface area contributed by atoms with Crippen molar-refractivity contribution >= 4 is 11.9 Å². The zero-order chi connectivity index (χ0) is 13.5. The number of carbonyl (C=O) groups is 2. The zero-order valence-corrected chi connectivity index (χ0v) is 11.6. The van der Waals surface area contributed by atoms with Gasteiger partial charge >= 0.3 is 5.97 Å². The number of carbonyl (C=O) groups excluding carboxylic acids is 2. The molecule has 0 aromatic rings. The van der Waals surface area contributed by atoms with Gasteiger partial charge in [0.05, 0.1) is 7.11 Å². The Morgan fingerprint density at radius 3 is 2.50 bits per heavy atom. The van der Waals surface area contributed by atoms with E-state index in [0.29, 0.717) is 0 Å². The number of hydrogen-bond donors (Lipinski definition) is 1. The number of hydrogen-bond acceptors (Lipinski definition) is 4.